The van der Waals surface area contributed by atoms with Gasteiger partial charge in [-0.3, -0.25) is 0 Å². The fraction of sp³-hybridized carbons (Fsp3) is 0.500. The number of methoxy groups -OCH3 is 1. The van der Waals surface area contributed by atoms with Crippen LogP contribution < -0.4 is 10.0 Å². The molecule has 0 heterocycles. The molecule has 0 aliphatic rings. The predicted molar refractivity (Wildman–Crippen MR) is 70.9 cm³/mol. The van der Waals surface area contributed by atoms with E-state index in [1.54, 1.807) is 32.4 Å². The van der Waals surface area contributed by atoms with Gasteiger partial charge in [0, 0.05) is 19.7 Å². The predicted octanol–water partition coefficient (Wildman–Crippen LogP) is 0.719. The van der Waals surface area contributed by atoms with Gasteiger partial charge in [-0.2, -0.15) is 0 Å². The minimum Gasteiger partial charge on any atom is -0.380 e. The Labute approximate surface area is 109 Å². The molecule has 0 aliphatic carbocycles. The van der Waals surface area contributed by atoms with Crippen molar-refractivity contribution in [3.63, 3.8) is 0 Å². The summed E-state index contributed by atoms with van der Waals surface area (Å²) in [4.78, 5) is 0.264. The molecule has 0 aromatic heterocycles. The Hall–Kier alpha value is -0.950. The van der Waals surface area contributed by atoms with Crippen LogP contribution in [-0.4, -0.2) is 35.2 Å². The molecule has 1 aromatic carbocycles. The summed E-state index contributed by atoms with van der Waals surface area (Å²) in [6, 6.07) is 6.83. The van der Waals surface area contributed by atoms with Gasteiger partial charge in [-0.15, -0.1) is 0 Å². The molecule has 1 aromatic rings. The van der Waals surface area contributed by atoms with Crippen molar-refractivity contribution in [2.45, 2.75) is 24.5 Å². The molecule has 0 saturated heterocycles. The summed E-state index contributed by atoms with van der Waals surface area (Å²) in [5.74, 6) is 0. The Morgan fingerprint density at radius 3 is 2.72 bits per heavy atom. The highest BCUT2D eigenvalue weighted by Gasteiger charge is 2.14. The van der Waals surface area contributed by atoms with Crippen LogP contribution in [0.3, 0.4) is 0 Å². The van der Waals surface area contributed by atoms with Gasteiger partial charge in [0.15, 0.2) is 0 Å². The summed E-state index contributed by atoms with van der Waals surface area (Å²) < 4.78 is 31.6. The molecule has 0 fully saturated rings. The van der Waals surface area contributed by atoms with Crippen molar-refractivity contribution in [3.05, 3.63) is 29.8 Å². The van der Waals surface area contributed by atoms with Gasteiger partial charge in [-0.25, -0.2) is 13.1 Å². The van der Waals surface area contributed by atoms with Crippen LogP contribution in [0.5, 0.6) is 0 Å². The van der Waals surface area contributed by atoms with E-state index >= 15 is 0 Å². The molecule has 5 nitrogen and oxygen atoms in total. The first-order valence-corrected chi connectivity index (χ1v) is 7.22. The van der Waals surface area contributed by atoms with Crippen LogP contribution in [0.4, 0.5) is 0 Å². The van der Waals surface area contributed by atoms with E-state index in [0.717, 1.165) is 5.56 Å². The zero-order valence-electron chi connectivity index (χ0n) is 10.9. The molecule has 1 unspecified atom stereocenters. The molecule has 0 amide bonds. The lowest BCUT2D eigenvalue weighted by molar-refractivity contribution is 0.184. The van der Waals surface area contributed by atoms with Gasteiger partial charge < -0.3 is 10.1 Å². The molecule has 0 radical (unpaired) electrons. The molecule has 1 rings (SSSR count). The molecule has 6 heteroatoms. The number of sulfonamides is 1. The Kier molecular flexibility index (Phi) is 5.74. The minimum absolute atomic E-state index is 0.0851. The molecule has 18 heavy (non-hydrogen) atoms. The SMILES string of the molecule is CNC(C)CNS(=O)(=O)c1cccc(COC)c1. The minimum atomic E-state index is -3.45. The van der Waals surface area contributed by atoms with E-state index in [1.807, 2.05) is 13.0 Å². The van der Waals surface area contributed by atoms with Crippen molar-refractivity contribution in [2.24, 2.45) is 0 Å². The largest absolute Gasteiger partial charge is 0.380 e. The monoisotopic (exact) mass is 272 g/mol. The van der Waals surface area contributed by atoms with E-state index in [9.17, 15) is 8.42 Å². The lowest BCUT2D eigenvalue weighted by atomic mass is 10.2. The first-order valence-electron chi connectivity index (χ1n) is 5.74. The van der Waals surface area contributed by atoms with Gasteiger partial charge >= 0.3 is 0 Å². The quantitative estimate of drug-likeness (QED) is 0.767. The van der Waals surface area contributed by atoms with E-state index in [-0.39, 0.29) is 10.9 Å². The van der Waals surface area contributed by atoms with E-state index in [4.69, 9.17) is 4.74 Å². The summed E-state index contributed by atoms with van der Waals surface area (Å²) in [6.45, 7) is 2.66. The van der Waals surface area contributed by atoms with Gasteiger partial charge in [0.1, 0.15) is 0 Å². The highest BCUT2D eigenvalue weighted by molar-refractivity contribution is 7.89. The van der Waals surface area contributed by atoms with E-state index in [0.29, 0.717) is 13.2 Å². The second kappa shape index (κ2) is 6.84. The first-order chi connectivity index (χ1) is 8.49. The zero-order chi connectivity index (χ0) is 13.6. The molecule has 0 spiro atoms. The third-order valence-corrected chi connectivity index (χ3v) is 4.01. The topological polar surface area (TPSA) is 67.4 Å². The lowest BCUT2D eigenvalue weighted by Gasteiger charge is -2.12. The Morgan fingerprint density at radius 2 is 2.11 bits per heavy atom. The lowest BCUT2D eigenvalue weighted by Crippen LogP contribution is -2.37. The maximum Gasteiger partial charge on any atom is 0.240 e. The van der Waals surface area contributed by atoms with E-state index < -0.39 is 10.0 Å². The van der Waals surface area contributed by atoms with Crippen molar-refractivity contribution in [1.29, 1.82) is 0 Å². The Morgan fingerprint density at radius 1 is 1.39 bits per heavy atom. The number of rotatable bonds is 7. The normalized spacial score (nSPS) is 13.5. The second-order valence-electron chi connectivity index (χ2n) is 4.12. The maximum atomic E-state index is 12.0. The summed E-state index contributed by atoms with van der Waals surface area (Å²) >= 11 is 0. The van der Waals surface area contributed by atoms with Crippen molar-refractivity contribution < 1.29 is 13.2 Å². The Bertz CT molecular complexity index is 474. The molecule has 1 atom stereocenters. The van der Waals surface area contributed by atoms with Crippen molar-refractivity contribution in [1.82, 2.24) is 10.0 Å². The number of likely N-dealkylation sites (N-methyl/N-ethyl adjacent to an activating group) is 1. The van der Waals surface area contributed by atoms with Crippen LogP contribution in [0.1, 0.15) is 12.5 Å². The first kappa shape index (κ1) is 15.1. The van der Waals surface area contributed by atoms with E-state index in [2.05, 4.69) is 10.0 Å². The van der Waals surface area contributed by atoms with Crippen LogP contribution in [0, 0.1) is 0 Å². The molecule has 0 aliphatic heterocycles. The number of benzene rings is 1. The van der Waals surface area contributed by atoms with Gasteiger partial charge in [0.05, 0.1) is 11.5 Å². The van der Waals surface area contributed by atoms with Gasteiger partial charge in [0.25, 0.3) is 0 Å². The van der Waals surface area contributed by atoms with Crippen LogP contribution in [0.25, 0.3) is 0 Å². The van der Waals surface area contributed by atoms with Crippen molar-refractivity contribution in [3.8, 4) is 0 Å². The Balaban J connectivity index is 2.81. The molecular weight excluding hydrogens is 252 g/mol. The fourth-order valence-corrected chi connectivity index (χ4v) is 2.59. The fourth-order valence-electron chi connectivity index (χ4n) is 1.39. The van der Waals surface area contributed by atoms with Crippen molar-refractivity contribution in [2.75, 3.05) is 20.7 Å². The third kappa shape index (κ3) is 4.38. The number of ether oxygens (including phenoxy) is 1. The van der Waals surface area contributed by atoms with Gasteiger partial charge in [-0.1, -0.05) is 12.1 Å². The average Bonchev–Trinajstić information content (AvgIpc) is 2.37. The van der Waals surface area contributed by atoms with Crippen LogP contribution in [-0.2, 0) is 21.4 Å². The highest BCUT2D eigenvalue weighted by atomic mass is 32.2. The maximum absolute atomic E-state index is 12.0. The van der Waals surface area contributed by atoms with Gasteiger partial charge in [0.2, 0.25) is 10.0 Å². The summed E-state index contributed by atoms with van der Waals surface area (Å²) in [5.41, 5.74) is 0.835. The van der Waals surface area contributed by atoms with Crippen molar-refractivity contribution >= 4 is 10.0 Å². The zero-order valence-corrected chi connectivity index (χ0v) is 11.8. The number of hydrogen-bond acceptors (Lipinski definition) is 4. The smallest absolute Gasteiger partial charge is 0.240 e. The van der Waals surface area contributed by atoms with Gasteiger partial charge in [-0.05, 0) is 31.7 Å². The van der Waals surface area contributed by atoms with Crippen LogP contribution >= 0.6 is 0 Å². The summed E-state index contributed by atoms with van der Waals surface area (Å²) in [7, 11) is -0.0845. The number of nitrogens with one attached hydrogen (secondary N) is 2. The molecule has 2 N–H and O–H groups in total. The summed E-state index contributed by atoms with van der Waals surface area (Å²) in [5, 5.41) is 2.97. The van der Waals surface area contributed by atoms with E-state index in [1.165, 1.54) is 0 Å². The van der Waals surface area contributed by atoms with Crippen LogP contribution in [0.15, 0.2) is 29.2 Å². The second-order valence-corrected chi connectivity index (χ2v) is 5.89. The third-order valence-electron chi connectivity index (χ3n) is 2.59. The number of hydrogen-bond donors (Lipinski definition) is 2. The highest BCUT2D eigenvalue weighted by Crippen LogP contribution is 2.12. The standard InChI is InChI=1S/C12H20N2O3S/c1-10(13-2)8-14-18(15,16)12-6-4-5-11(7-12)9-17-3/h4-7,10,13-14H,8-9H2,1-3H3. The van der Waals surface area contributed by atoms with Crippen LogP contribution in [0.2, 0.25) is 0 Å². The molecular formula is C12H20N2O3S. The molecule has 0 bridgehead atoms. The molecule has 0 saturated carbocycles. The average molecular weight is 272 g/mol. The molecule has 102 valence electrons. The summed E-state index contributed by atoms with van der Waals surface area (Å²) in [6.07, 6.45) is 0.